The van der Waals surface area contributed by atoms with Crippen LogP contribution in [0, 0.1) is 0 Å². The first kappa shape index (κ1) is 23.7. The maximum atomic E-state index is 3.78. The van der Waals surface area contributed by atoms with Crippen LogP contribution in [0.15, 0.2) is 12.7 Å². The van der Waals surface area contributed by atoms with E-state index < -0.39 is 0 Å². The predicted molar refractivity (Wildman–Crippen MR) is 113 cm³/mol. The largest absolute Gasteiger partial charge is 0.103 e. The first-order valence-corrected chi connectivity index (χ1v) is 11.5. The van der Waals surface area contributed by atoms with Crippen LogP contribution in [0.25, 0.3) is 0 Å². The highest BCUT2D eigenvalue weighted by atomic mass is 14.0. The molecule has 0 rings (SSSR count). The lowest BCUT2D eigenvalue weighted by atomic mass is 10.0. The molecule has 24 heavy (non-hydrogen) atoms. The van der Waals surface area contributed by atoms with Crippen molar-refractivity contribution in [3.8, 4) is 0 Å². The third-order valence-electron chi connectivity index (χ3n) is 5.26. The van der Waals surface area contributed by atoms with Crippen LogP contribution in [-0.2, 0) is 0 Å². The topological polar surface area (TPSA) is 0 Å². The second kappa shape index (κ2) is 22.7. The van der Waals surface area contributed by atoms with Gasteiger partial charge < -0.3 is 0 Å². The van der Waals surface area contributed by atoms with Crippen molar-refractivity contribution < 1.29 is 0 Å². The number of rotatable bonds is 21. The van der Waals surface area contributed by atoms with Gasteiger partial charge in [0.25, 0.3) is 0 Å². The molecule has 0 atom stereocenters. The van der Waals surface area contributed by atoms with E-state index in [0.717, 1.165) is 0 Å². The summed E-state index contributed by atoms with van der Waals surface area (Å²) in [6.07, 6.45) is 32.4. The molecular formula is C24H48. The van der Waals surface area contributed by atoms with Crippen molar-refractivity contribution in [3.63, 3.8) is 0 Å². The Bertz CT molecular complexity index is 218. The smallest absolute Gasteiger partial charge is 0.0353 e. The van der Waals surface area contributed by atoms with E-state index in [-0.39, 0.29) is 0 Å². The molecular weight excluding hydrogens is 288 g/mol. The van der Waals surface area contributed by atoms with Gasteiger partial charge in [-0.05, 0) is 12.8 Å². The zero-order chi connectivity index (χ0) is 17.6. The van der Waals surface area contributed by atoms with Crippen LogP contribution in [0.5, 0.6) is 0 Å². The second-order valence-corrected chi connectivity index (χ2v) is 7.79. The van der Waals surface area contributed by atoms with Crippen LogP contribution in [0.4, 0.5) is 0 Å². The molecule has 0 N–H and O–H groups in total. The minimum Gasteiger partial charge on any atom is -0.103 e. The van der Waals surface area contributed by atoms with Crippen LogP contribution in [0.3, 0.4) is 0 Å². The molecule has 0 nitrogen and oxygen atoms in total. The summed E-state index contributed by atoms with van der Waals surface area (Å²) in [6.45, 7) is 6.08. The lowest BCUT2D eigenvalue weighted by Crippen LogP contribution is -1.84. The van der Waals surface area contributed by atoms with E-state index in [9.17, 15) is 0 Å². The van der Waals surface area contributed by atoms with Crippen LogP contribution in [0.2, 0.25) is 0 Å². The first-order valence-electron chi connectivity index (χ1n) is 11.5. The van der Waals surface area contributed by atoms with Crippen molar-refractivity contribution in [3.05, 3.63) is 12.7 Å². The average molecular weight is 337 g/mol. The van der Waals surface area contributed by atoms with E-state index in [2.05, 4.69) is 19.6 Å². The third kappa shape index (κ3) is 21.7. The van der Waals surface area contributed by atoms with Crippen molar-refractivity contribution in [2.45, 2.75) is 142 Å². The van der Waals surface area contributed by atoms with E-state index in [1.807, 2.05) is 0 Å². The first-order chi connectivity index (χ1) is 11.9. The van der Waals surface area contributed by atoms with Gasteiger partial charge in [-0.25, -0.2) is 0 Å². The summed E-state index contributed by atoms with van der Waals surface area (Å²) in [5.74, 6) is 0. The van der Waals surface area contributed by atoms with E-state index in [0.29, 0.717) is 0 Å². The van der Waals surface area contributed by atoms with Gasteiger partial charge >= 0.3 is 0 Å². The van der Waals surface area contributed by atoms with Crippen molar-refractivity contribution in [2.24, 2.45) is 0 Å². The lowest BCUT2D eigenvalue weighted by Gasteiger charge is -2.04. The molecule has 0 heteroatoms. The highest BCUT2D eigenvalue weighted by Gasteiger charge is 1.95. The number of hydrogen-bond donors (Lipinski definition) is 0. The summed E-state index contributed by atoms with van der Waals surface area (Å²) in [5.41, 5.74) is 0. The predicted octanol–water partition coefficient (Wildman–Crippen LogP) is 9.38. The van der Waals surface area contributed by atoms with Gasteiger partial charge in [0, 0.05) is 0 Å². The molecule has 0 aromatic carbocycles. The standard InChI is InChI=1S/C24H48/c1-3-5-7-9-11-13-15-17-19-21-23-24-22-20-18-16-14-12-10-8-6-4-2/h3H,1,4-24H2,2H3. The van der Waals surface area contributed by atoms with Crippen molar-refractivity contribution in [1.29, 1.82) is 0 Å². The number of allylic oxidation sites excluding steroid dienone is 1. The quantitative estimate of drug-likeness (QED) is 0.145. The Labute approximate surface area is 154 Å². The molecule has 0 saturated carbocycles. The summed E-state index contributed by atoms with van der Waals surface area (Å²) in [5, 5.41) is 0. The van der Waals surface area contributed by atoms with Gasteiger partial charge in [-0.2, -0.15) is 0 Å². The minimum absolute atomic E-state index is 1.21. The highest BCUT2D eigenvalue weighted by Crippen LogP contribution is 2.14. The molecule has 0 saturated heterocycles. The zero-order valence-corrected chi connectivity index (χ0v) is 17.1. The summed E-state index contributed by atoms with van der Waals surface area (Å²) >= 11 is 0. The fraction of sp³-hybridized carbons (Fsp3) is 0.917. The molecule has 144 valence electrons. The Morgan fingerprint density at radius 1 is 0.417 bits per heavy atom. The molecule has 0 heterocycles. The van der Waals surface area contributed by atoms with Crippen LogP contribution in [0.1, 0.15) is 142 Å². The Hall–Kier alpha value is -0.260. The number of unbranched alkanes of at least 4 members (excludes halogenated alkanes) is 20. The van der Waals surface area contributed by atoms with Crippen LogP contribution >= 0.6 is 0 Å². The average Bonchev–Trinajstić information content (AvgIpc) is 2.60. The molecule has 0 radical (unpaired) electrons. The van der Waals surface area contributed by atoms with Gasteiger partial charge in [-0.15, -0.1) is 6.58 Å². The van der Waals surface area contributed by atoms with E-state index >= 15 is 0 Å². The second-order valence-electron chi connectivity index (χ2n) is 7.79. The van der Waals surface area contributed by atoms with Gasteiger partial charge in [-0.1, -0.05) is 135 Å². The molecule has 0 aromatic rings. The maximum absolute atomic E-state index is 3.78. The monoisotopic (exact) mass is 336 g/mol. The van der Waals surface area contributed by atoms with E-state index in [1.54, 1.807) is 0 Å². The SMILES string of the molecule is C=CCCCCCCCCCCCCCCCCCCCCCC. The van der Waals surface area contributed by atoms with Crippen LogP contribution < -0.4 is 0 Å². The van der Waals surface area contributed by atoms with Crippen molar-refractivity contribution in [2.75, 3.05) is 0 Å². The summed E-state index contributed by atoms with van der Waals surface area (Å²) in [4.78, 5) is 0. The Morgan fingerprint density at radius 2 is 0.667 bits per heavy atom. The van der Waals surface area contributed by atoms with E-state index in [1.165, 1.54) is 135 Å². The van der Waals surface area contributed by atoms with Crippen molar-refractivity contribution >= 4 is 0 Å². The molecule has 0 amide bonds. The summed E-state index contributed by atoms with van der Waals surface area (Å²) in [6, 6.07) is 0. The Morgan fingerprint density at radius 3 is 0.917 bits per heavy atom. The molecule has 0 fully saturated rings. The molecule has 0 bridgehead atoms. The lowest BCUT2D eigenvalue weighted by molar-refractivity contribution is 0.522. The minimum atomic E-state index is 1.21. The molecule has 0 unspecified atom stereocenters. The van der Waals surface area contributed by atoms with Gasteiger partial charge in [-0.3, -0.25) is 0 Å². The molecule has 0 aliphatic heterocycles. The molecule has 0 aromatic heterocycles. The molecule has 0 aliphatic rings. The van der Waals surface area contributed by atoms with Gasteiger partial charge in [0.2, 0.25) is 0 Å². The number of hydrogen-bond acceptors (Lipinski definition) is 0. The zero-order valence-electron chi connectivity index (χ0n) is 17.1. The fourth-order valence-corrected chi connectivity index (χ4v) is 3.54. The van der Waals surface area contributed by atoms with Crippen LogP contribution in [-0.4, -0.2) is 0 Å². The summed E-state index contributed by atoms with van der Waals surface area (Å²) in [7, 11) is 0. The van der Waals surface area contributed by atoms with Gasteiger partial charge in [0.15, 0.2) is 0 Å². The van der Waals surface area contributed by atoms with Crippen molar-refractivity contribution in [1.82, 2.24) is 0 Å². The highest BCUT2D eigenvalue weighted by molar-refractivity contribution is 4.65. The fourth-order valence-electron chi connectivity index (χ4n) is 3.54. The van der Waals surface area contributed by atoms with E-state index in [4.69, 9.17) is 0 Å². The van der Waals surface area contributed by atoms with Gasteiger partial charge in [0.05, 0.1) is 0 Å². The Balaban J connectivity index is 2.94. The maximum Gasteiger partial charge on any atom is -0.0353 e. The third-order valence-corrected chi connectivity index (χ3v) is 5.26. The van der Waals surface area contributed by atoms with Gasteiger partial charge in [0.1, 0.15) is 0 Å². The normalized spacial score (nSPS) is 11.0. The Kier molecular flexibility index (Phi) is 22.5. The molecule has 0 spiro atoms. The molecule has 0 aliphatic carbocycles. The summed E-state index contributed by atoms with van der Waals surface area (Å²) < 4.78 is 0.